The van der Waals surface area contributed by atoms with Crippen molar-refractivity contribution in [2.45, 2.75) is 19.1 Å². The van der Waals surface area contributed by atoms with Crippen LogP contribution in [0.5, 0.6) is 5.75 Å². The Kier molecular flexibility index (Phi) is 5.24. The second-order valence-electron chi connectivity index (χ2n) is 6.33. The molecule has 2 fully saturated rings. The first-order valence-electron chi connectivity index (χ1n) is 8.50. The van der Waals surface area contributed by atoms with E-state index in [1.165, 1.54) is 0 Å². The van der Waals surface area contributed by atoms with Gasteiger partial charge >= 0.3 is 0 Å². The molecule has 2 heterocycles. The fourth-order valence-electron chi connectivity index (χ4n) is 3.30. The average Bonchev–Trinajstić information content (AvgIpc) is 2.84. The number of benzene rings is 1. The summed E-state index contributed by atoms with van der Waals surface area (Å²) in [6.07, 6.45) is 0.755. The molecule has 0 aromatic heterocycles. The largest absolute Gasteiger partial charge is 0.496 e. The van der Waals surface area contributed by atoms with Crippen LogP contribution in [0.4, 0.5) is 0 Å². The van der Waals surface area contributed by atoms with Crippen molar-refractivity contribution in [2.24, 2.45) is 0 Å². The minimum atomic E-state index is -0.960. The SMILES string of the molecule is COc1ccccc1C(=O)N1CCOC2(CN(C(C)=O)CCCO2)C1. The van der Waals surface area contributed by atoms with Crippen molar-refractivity contribution in [3.63, 3.8) is 0 Å². The number of rotatable bonds is 2. The summed E-state index contributed by atoms with van der Waals surface area (Å²) in [6, 6.07) is 7.16. The zero-order chi connectivity index (χ0) is 17.9. The number of carbonyl (C=O) groups excluding carboxylic acids is 2. The monoisotopic (exact) mass is 348 g/mol. The van der Waals surface area contributed by atoms with Crippen molar-refractivity contribution in [1.82, 2.24) is 9.80 Å². The number of hydrogen-bond acceptors (Lipinski definition) is 5. The van der Waals surface area contributed by atoms with Gasteiger partial charge in [-0.1, -0.05) is 12.1 Å². The van der Waals surface area contributed by atoms with Crippen LogP contribution < -0.4 is 4.74 Å². The molecule has 1 aromatic rings. The maximum absolute atomic E-state index is 13.0. The first-order valence-corrected chi connectivity index (χ1v) is 8.50. The van der Waals surface area contributed by atoms with Gasteiger partial charge in [-0.25, -0.2) is 0 Å². The second kappa shape index (κ2) is 7.41. The van der Waals surface area contributed by atoms with Crippen molar-refractivity contribution < 1.29 is 23.8 Å². The van der Waals surface area contributed by atoms with Crippen molar-refractivity contribution in [1.29, 1.82) is 0 Å². The fourth-order valence-corrected chi connectivity index (χ4v) is 3.30. The van der Waals surface area contributed by atoms with Gasteiger partial charge < -0.3 is 24.0 Å². The highest BCUT2D eigenvalue weighted by atomic mass is 16.7. The van der Waals surface area contributed by atoms with Crippen molar-refractivity contribution >= 4 is 11.8 Å². The molecule has 0 bridgehead atoms. The van der Waals surface area contributed by atoms with E-state index in [0.717, 1.165) is 6.42 Å². The van der Waals surface area contributed by atoms with E-state index in [4.69, 9.17) is 14.2 Å². The molecule has 1 spiro atoms. The van der Waals surface area contributed by atoms with Crippen molar-refractivity contribution in [3.05, 3.63) is 29.8 Å². The zero-order valence-corrected chi connectivity index (χ0v) is 14.7. The molecule has 2 aliphatic heterocycles. The summed E-state index contributed by atoms with van der Waals surface area (Å²) in [5.74, 6) is -0.554. The smallest absolute Gasteiger partial charge is 0.257 e. The maximum Gasteiger partial charge on any atom is 0.257 e. The van der Waals surface area contributed by atoms with E-state index in [9.17, 15) is 9.59 Å². The molecule has 2 amide bonds. The van der Waals surface area contributed by atoms with Crippen molar-refractivity contribution in [2.75, 3.05) is 46.5 Å². The summed E-state index contributed by atoms with van der Waals surface area (Å²) < 4.78 is 17.1. The highest BCUT2D eigenvalue weighted by Gasteiger charge is 2.43. The molecule has 136 valence electrons. The molecule has 1 aromatic carbocycles. The summed E-state index contributed by atoms with van der Waals surface area (Å²) in [7, 11) is 1.55. The molecule has 7 nitrogen and oxygen atoms in total. The molecule has 0 saturated carbocycles. The molecule has 1 unspecified atom stereocenters. The average molecular weight is 348 g/mol. The Balaban J connectivity index is 1.80. The molecule has 2 aliphatic rings. The number of amides is 2. The van der Waals surface area contributed by atoms with Gasteiger partial charge in [0.05, 0.1) is 39.0 Å². The van der Waals surface area contributed by atoms with Crippen LogP contribution >= 0.6 is 0 Å². The summed E-state index contributed by atoms with van der Waals surface area (Å²) >= 11 is 0. The van der Waals surface area contributed by atoms with Crippen LogP contribution in [-0.4, -0.2) is 73.9 Å². The third-order valence-electron chi connectivity index (χ3n) is 4.60. The van der Waals surface area contributed by atoms with Crippen LogP contribution in [0.3, 0.4) is 0 Å². The number of ether oxygens (including phenoxy) is 3. The standard InChI is InChI=1S/C18H24N2O5/c1-14(21)19-8-5-10-24-18(12-19)13-20(9-11-25-18)17(22)15-6-3-4-7-16(15)23-2/h3-4,6-7H,5,8-13H2,1-2H3. The molecule has 2 saturated heterocycles. The van der Waals surface area contributed by atoms with Crippen LogP contribution in [-0.2, 0) is 14.3 Å². The van der Waals surface area contributed by atoms with E-state index in [1.807, 2.05) is 12.1 Å². The van der Waals surface area contributed by atoms with Gasteiger partial charge in [-0.05, 0) is 18.6 Å². The van der Waals surface area contributed by atoms with Crippen LogP contribution in [0.1, 0.15) is 23.7 Å². The lowest BCUT2D eigenvalue weighted by atomic mass is 10.1. The number of morpholine rings is 1. The number of nitrogens with zero attached hydrogens (tertiary/aromatic N) is 2. The number of methoxy groups -OCH3 is 1. The predicted molar refractivity (Wildman–Crippen MR) is 90.4 cm³/mol. The first kappa shape index (κ1) is 17.7. The normalized spacial score (nSPS) is 24.1. The third kappa shape index (κ3) is 3.77. The molecule has 7 heteroatoms. The lowest BCUT2D eigenvalue weighted by Gasteiger charge is -2.43. The molecule has 0 N–H and O–H groups in total. The lowest BCUT2D eigenvalue weighted by Crippen LogP contribution is -2.59. The quantitative estimate of drug-likeness (QED) is 0.802. The van der Waals surface area contributed by atoms with E-state index in [0.29, 0.717) is 44.2 Å². The highest BCUT2D eigenvalue weighted by molar-refractivity contribution is 5.97. The Bertz CT molecular complexity index is 650. The predicted octanol–water partition coefficient (Wildman–Crippen LogP) is 1.13. The Morgan fingerprint density at radius 1 is 1.08 bits per heavy atom. The molecule has 25 heavy (non-hydrogen) atoms. The van der Waals surface area contributed by atoms with Gasteiger partial charge in [-0.15, -0.1) is 0 Å². The molecule has 3 rings (SSSR count). The van der Waals surface area contributed by atoms with Gasteiger partial charge in [0.25, 0.3) is 5.91 Å². The Hall–Kier alpha value is -2.12. The molecule has 0 aliphatic carbocycles. The van der Waals surface area contributed by atoms with Gasteiger partial charge in [0.2, 0.25) is 11.7 Å². The minimum absolute atomic E-state index is 0.0124. The molecular formula is C18H24N2O5. The maximum atomic E-state index is 13.0. The summed E-state index contributed by atoms with van der Waals surface area (Å²) in [5, 5.41) is 0. The number of para-hydroxylation sites is 1. The Morgan fingerprint density at radius 3 is 2.56 bits per heavy atom. The lowest BCUT2D eigenvalue weighted by molar-refractivity contribution is -0.260. The Labute approximate surface area is 147 Å². The van der Waals surface area contributed by atoms with Crippen LogP contribution in [0.15, 0.2) is 24.3 Å². The van der Waals surface area contributed by atoms with E-state index in [2.05, 4.69) is 0 Å². The van der Waals surface area contributed by atoms with Crippen LogP contribution in [0.25, 0.3) is 0 Å². The van der Waals surface area contributed by atoms with Gasteiger partial charge in [-0.3, -0.25) is 9.59 Å². The molecule has 0 radical (unpaired) electrons. The van der Waals surface area contributed by atoms with E-state index >= 15 is 0 Å². The van der Waals surface area contributed by atoms with Gasteiger partial charge in [0, 0.05) is 20.0 Å². The summed E-state index contributed by atoms with van der Waals surface area (Å²) in [4.78, 5) is 28.2. The van der Waals surface area contributed by atoms with Crippen LogP contribution in [0, 0.1) is 0 Å². The van der Waals surface area contributed by atoms with Crippen LogP contribution in [0.2, 0.25) is 0 Å². The van der Waals surface area contributed by atoms with E-state index in [1.54, 1.807) is 36.0 Å². The van der Waals surface area contributed by atoms with E-state index < -0.39 is 5.79 Å². The molecule has 1 atom stereocenters. The number of hydrogen-bond donors (Lipinski definition) is 0. The second-order valence-corrected chi connectivity index (χ2v) is 6.33. The van der Waals surface area contributed by atoms with Gasteiger partial charge in [-0.2, -0.15) is 0 Å². The first-order chi connectivity index (χ1) is 12.0. The topological polar surface area (TPSA) is 68.3 Å². The third-order valence-corrected chi connectivity index (χ3v) is 4.60. The molecular weight excluding hydrogens is 324 g/mol. The summed E-state index contributed by atoms with van der Waals surface area (Å²) in [5.41, 5.74) is 0.513. The highest BCUT2D eigenvalue weighted by Crippen LogP contribution is 2.27. The fraction of sp³-hybridized carbons (Fsp3) is 0.556. The van der Waals surface area contributed by atoms with Crippen molar-refractivity contribution in [3.8, 4) is 5.75 Å². The van der Waals surface area contributed by atoms with Gasteiger partial charge in [0.15, 0.2) is 0 Å². The summed E-state index contributed by atoms with van der Waals surface area (Å²) in [6.45, 7) is 4.14. The van der Waals surface area contributed by atoms with E-state index in [-0.39, 0.29) is 18.4 Å². The minimum Gasteiger partial charge on any atom is -0.496 e. The van der Waals surface area contributed by atoms with Gasteiger partial charge in [0.1, 0.15) is 5.75 Å². The Morgan fingerprint density at radius 2 is 1.80 bits per heavy atom. The number of carbonyl (C=O) groups is 2. The zero-order valence-electron chi connectivity index (χ0n) is 14.7.